The maximum absolute atomic E-state index is 13.3. The number of fused-ring (bicyclic) bond motifs is 2. The number of nitrogens with one attached hydrogen (secondary N) is 1. The van der Waals surface area contributed by atoms with Crippen LogP contribution in [-0.2, 0) is 11.2 Å². The van der Waals surface area contributed by atoms with E-state index < -0.39 is 0 Å². The maximum atomic E-state index is 13.3. The van der Waals surface area contributed by atoms with Gasteiger partial charge < -0.3 is 9.88 Å². The fourth-order valence-corrected chi connectivity index (χ4v) is 4.90. The SMILES string of the molecule is CC(C)N(C(=O)C1C=C2c3cccc4[nH]cc(c34)CC2N(C)C1)C(C)C. The highest BCUT2D eigenvalue weighted by atomic mass is 16.2. The average molecular weight is 351 g/mol. The molecule has 0 saturated heterocycles. The number of benzene rings is 1. The molecule has 0 radical (unpaired) electrons. The van der Waals surface area contributed by atoms with Gasteiger partial charge in [-0.1, -0.05) is 18.2 Å². The summed E-state index contributed by atoms with van der Waals surface area (Å²) >= 11 is 0. The Balaban J connectivity index is 1.78. The molecule has 2 aromatic rings. The third-order valence-corrected chi connectivity index (χ3v) is 5.95. The minimum Gasteiger partial charge on any atom is -0.361 e. The van der Waals surface area contributed by atoms with E-state index in [0.29, 0.717) is 6.04 Å². The Labute approximate surface area is 155 Å². The molecule has 1 N–H and O–H groups in total. The summed E-state index contributed by atoms with van der Waals surface area (Å²) in [6.45, 7) is 9.21. The summed E-state index contributed by atoms with van der Waals surface area (Å²) in [5.74, 6) is 0.173. The Hall–Kier alpha value is -2.07. The highest BCUT2D eigenvalue weighted by molar-refractivity contribution is 5.99. The fraction of sp³-hybridized carbons (Fsp3) is 0.500. The highest BCUT2D eigenvalue weighted by Crippen LogP contribution is 2.41. The molecule has 4 nitrogen and oxygen atoms in total. The topological polar surface area (TPSA) is 39.3 Å². The molecule has 4 heteroatoms. The van der Waals surface area contributed by atoms with Crippen LogP contribution in [-0.4, -0.2) is 52.4 Å². The zero-order valence-electron chi connectivity index (χ0n) is 16.4. The van der Waals surface area contributed by atoms with Gasteiger partial charge in [-0.3, -0.25) is 9.69 Å². The van der Waals surface area contributed by atoms with Crippen molar-refractivity contribution in [1.29, 1.82) is 0 Å². The third-order valence-electron chi connectivity index (χ3n) is 5.95. The van der Waals surface area contributed by atoms with E-state index in [2.05, 4.69) is 75.1 Å². The monoisotopic (exact) mass is 351 g/mol. The highest BCUT2D eigenvalue weighted by Gasteiger charge is 2.37. The van der Waals surface area contributed by atoms with Crippen molar-refractivity contribution in [2.45, 2.75) is 52.2 Å². The number of H-pyrrole nitrogens is 1. The summed E-state index contributed by atoms with van der Waals surface area (Å²) in [4.78, 5) is 21.1. The number of amides is 1. The predicted octanol–water partition coefficient (Wildman–Crippen LogP) is 3.68. The van der Waals surface area contributed by atoms with Crippen molar-refractivity contribution >= 4 is 22.4 Å². The molecule has 1 aromatic carbocycles. The quantitative estimate of drug-likeness (QED) is 0.916. The van der Waals surface area contributed by atoms with Crippen LogP contribution in [0, 0.1) is 5.92 Å². The van der Waals surface area contributed by atoms with E-state index in [1.165, 1.54) is 27.6 Å². The largest absolute Gasteiger partial charge is 0.361 e. The number of rotatable bonds is 3. The standard InChI is InChI=1S/C22H29N3O/c1-13(2)25(14(3)4)22(26)16-9-18-17-7-6-8-19-21(17)15(11-23-19)10-20(18)24(5)12-16/h6-9,11,13-14,16,20,23H,10,12H2,1-5H3. The molecule has 1 aliphatic carbocycles. The van der Waals surface area contributed by atoms with Crippen molar-refractivity contribution in [2.75, 3.05) is 13.6 Å². The number of likely N-dealkylation sites (N-methyl/N-ethyl adjacent to an activating group) is 1. The Morgan fingerprint density at radius 2 is 1.96 bits per heavy atom. The number of hydrogen-bond donors (Lipinski definition) is 1. The van der Waals surface area contributed by atoms with E-state index in [9.17, 15) is 4.79 Å². The first-order valence-corrected chi connectivity index (χ1v) is 9.72. The number of aromatic amines is 1. The molecule has 1 amide bonds. The van der Waals surface area contributed by atoms with Crippen LogP contribution in [0.5, 0.6) is 0 Å². The summed E-state index contributed by atoms with van der Waals surface area (Å²) in [7, 11) is 2.16. The Morgan fingerprint density at radius 3 is 2.65 bits per heavy atom. The van der Waals surface area contributed by atoms with E-state index in [1.54, 1.807) is 0 Å². The van der Waals surface area contributed by atoms with Crippen LogP contribution in [0.3, 0.4) is 0 Å². The molecule has 2 heterocycles. The fourth-order valence-electron chi connectivity index (χ4n) is 4.90. The molecule has 4 rings (SSSR count). The van der Waals surface area contributed by atoms with E-state index >= 15 is 0 Å². The lowest BCUT2D eigenvalue weighted by atomic mass is 9.79. The first-order valence-electron chi connectivity index (χ1n) is 9.72. The van der Waals surface area contributed by atoms with Crippen molar-refractivity contribution in [1.82, 2.24) is 14.8 Å². The van der Waals surface area contributed by atoms with Gasteiger partial charge in [0.05, 0.1) is 5.92 Å². The summed E-state index contributed by atoms with van der Waals surface area (Å²) in [6, 6.07) is 7.25. The number of nitrogens with zero attached hydrogens (tertiary/aromatic N) is 2. The minimum absolute atomic E-state index is 0.0770. The summed E-state index contributed by atoms with van der Waals surface area (Å²) < 4.78 is 0. The Kier molecular flexibility index (Phi) is 4.19. The van der Waals surface area contributed by atoms with E-state index in [0.717, 1.165) is 13.0 Å². The predicted molar refractivity (Wildman–Crippen MR) is 107 cm³/mol. The molecule has 2 aliphatic rings. The van der Waals surface area contributed by atoms with Crippen molar-refractivity contribution in [3.8, 4) is 0 Å². The lowest BCUT2D eigenvalue weighted by molar-refractivity contribution is -0.138. The lowest BCUT2D eigenvalue weighted by Crippen LogP contribution is -2.50. The van der Waals surface area contributed by atoms with E-state index in [4.69, 9.17) is 0 Å². The van der Waals surface area contributed by atoms with Gasteiger partial charge >= 0.3 is 0 Å². The Morgan fingerprint density at radius 1 is 1.23 bits per heavy atom. The van der Waals surface area contributed by atoms with Crippen LogP contribution in [0.1, 0.15) is 38.8 Å². The molecular weight excluding hydrogens is 322 g/mol. The lowest BCUT2D eigenvalue weighted by Gasteiger charge is -2.41. The second kappa shape index (κ2) is 6.27. The minimum atomic E-state index is -0.0770. The molecule has 0 spiro atoms. The van der Waals surface area contributed by atoms with E-state index in [1.807, 2.05) is 4.90 Å². The third kappa shape index (κ3) is 2.59. The van der Waals surface area contributed by atoms with Gasteiger partial charge in [0.25, 0.3) is 0 Å². The van der Waals surface area contributed by atoms with Crippen LogP contribution < -0.4 is 0 Å². The smallest absolute Gasteiger partial charge is 0.231 e. The zero-order chi connectivity index (χ0) is 18.6. The van der Waals surface area contributed by atoms with Gasteiger partial charge in [0.15, 0.2) is 0 Å². The zero-order valence-corrected chi connectivity index (χ0v) is 16.4. The van der Waals surface area contributed by atoms with Gasteiger partial charge in [-0.15, -0.1) is 0 Å². The first-order chi connectivity index (χ1) is 12.4. The van der Waals surface area contributed by atoms with Crippen LogP contribution >= 0.6 is 0 Å². The second-order valence-electron chi connectivity index (χ2n) is 8.36. The molecule has 1 aliphatic heterocycles. The summed E-state index contributed by atoms with van der Waals surface area (Å²) in [5, 5.41) is 1.33. The molecule has 0 bridgehead atoms. The molecule has 138 valence electrons. The second-order valence-corrected chi connectivity index (χ2v) is 8.36. The van der Waals surface area contributed by atoms with Crippen LogP contribution in [0.25, 0.3) is 16.5 Å². The molecule has 26 heavy (non-hydrogen) atoms. The van der Waals surface area contributed by atoms with Crippen molar-refractivity contribution in [2.24, 2.45) is 5.92 Å². The van der Waals surface area contributed by atoms with Crippen LogP contribution in [0.2, 0.25) is 0 Å². The number of carbonyl (C=O) groups is 1. The number of carbonyl (C=O) groups excluding carboxylic acids is 1. The summed E-state index contributed by atoms with van der Waals surface area (Å²) in [5.41, 5.74) is 5.20. The van der Waals surface area contributed by atoms with E-state index in [-0.39, 0.29) is 23.9 Å². The number of aromatic nitrogens is 1. The Bertz CT molecular complexity index is 869. The van der Waals surface area contributed by atoms with Crippen LogP contribution in [0.4, 0.5) is 0 Å². The first kappa shape index (κ1) is 17.3. The molecule has 0 saturated carbocycles. The van der Waals surface area contributed by atoms with Crippen molar-refractivity contribution in [3.63, 3.8) is 0 Å². The molecule has 1 aromatic heterocycles. The number of hydrogen-bond acceptors (Lipinski definition) is 2. The van der Waals surface area contributed by atoms with Gasteiger partial charge in [-0.2, -0.15) is 0 Å². The van der Waals surface area contributed by atoms with Gasteiger partial charge in [-0.25, -0.2) is 0 Å². The normalized spacial score (nSPS) is 22.7. The van der Waals surface area contributed by atoms with Crippen molar-refractivity contribution < 1.29 is 4.79 Å². The summed E-state index contributed by atoms with van der Waals surface area (Å²) in [6.07, 6.45) is 5.42. The van der Waals surface area contributed by atoms with Crippen molar-refractivity contribution in [3.05, 3.63) is 41.6 Å². The molecule has 2 unspecified atom stereocenters. The van der Waals surface area contributed by atoms with Crippen LogP contribution in [0.15, 0.2) is 30.5 Å². The average Bonchev–Trinajstić information content (AvgIpc) is 2.99. The van der Waals surface area contributed by atoms with Gasteiger partial charge in [-0.05, 0) is 63.9 Å². The molecule has 2 atom stereocenters. The maximum Gasteiger partial charge on any atom is 0.231 e. The molecule has 0 fully saturated rings. The van der Waals surface area contributed by atoms with Gasteiger partial charge in [0.1, 0.15) is 0 Å². The molecular formula is C22H29N3O. The van der Waals surface area contributed by atoms with Gasteiger partial charge in [0.2, 0.25) is 5.91 Å². The van der Waals surface area contributed by atoms with Gasteiger partial charge in [0, 0.05) is 41.8 Å².